The average molecular weight is 659 g/mol. The van der Waals surface area contributed by atoms with Gasteiger partial charge in [0.05, 0.1) is 31.7 Å². The van der Waals surface area contributed by atoms with Crippen LogP contribution < -0.4 is 9.64 Å². The first-order chi connectivity index (χ1) is 23.1. The molecule has 3 fully saturated rings. The Morgan fingerprint density at radius 3 is 2.48 bits per heavy atom. The second-order valence-electron chi connectivity index (χ2n) is 14.7. The van der Waals surface area contributed by atoms with Crippen molar-refractivity contribution in [2.24, 2.45) is 11.8 Å². The number of oxazole rings is 1. The van der Waals surface area contributed by atoms with Crippen LogP contribution in [0.25, 0.3) is 11.3 Å². The van der Waals surface area contributed by atoms with Gasteiger partial charge in [0.15, 0.2) is 0 Å². The Morgan fingerprint density at radius 2 is 1.79 bits per heavy atom. The summed E-state index contributed by atoms with van der Waals surface area (Å²) in [6.45, 7) is 7.25. The molecule has 258 valence electrons. The summed E-state index contributed by atoms with van der Waals surface area (Å²) in [5, 5.41) is 9.48. The summed E-state index contributed by atoms with van der Waals surface area (Å²) in [4.78, 5) is 39.4. The fourth-order valence-corrected chi connectivity index (χ4v) is 7.40. The number of aliphatic hydroxyl groups excluding tert-OH is 1. The maximum Gasteiger partial charge on any atom is 0.409 e. The number of β-amino-alcohol motifs (C(OH)–C–C–N with tert-alkyl or cyclic N) is 1. The lowest BCUT2D eigenvalue weighted by Crippen LogP contribution is -2.54. The van der Waals surface area contributed by atoms with E-state index in [-0.39, 0.29) is 31.5 Å². The van der Waals surface area contributed by atoms with Crippen LogP contribution in [0.4, 0.5) is 10.6 Å². The van der Waals surface area contributed by atoms with Crippen molar-refractivity contribution in [3.05, 3.63) is 59.8 Å². The zero-order valence-corrected chi connectivity index (χ0v) is 28.8. The van der Waals surface area contributed by atoms with E-state index in [9.17, 15) is 14.7 Å². The van der Waals surface area contributed by atoms with Gasteiger partial charge in [0.25, 0.3) is 0 Å². The number of pyridine rings is 1. The van der Waals surface area contributed by atoms with E-state index in [1.54, 1.807) is 19.6 Å². The number of aromatic nitrogens is 2. The minimum Gasteiger partial charge on any atom is -0.496 e. The molecule has 2 aliphatic carbocycles. The first-order valence-electron chi connectivity index (χ1n) is 17.6. The number of methoxy groups -OCH3 is 1. The van der Waals surface area contributed by atoms with Gasteiger partial charge in [-0.05, 0) is 100 Å². The molecule has 3 aliphatic rings. The number of rotatable bonds is 10. The maximum absolute atomic E-state index is 14.1. The summed E-state index contributed by atoms with van der Waals surface area (Å²) in [6.07, 6.45) is 12.0. The largest absolute Gasteiger partial charge is 0.496 e. The van der Waals surface area contributed by atoms with Crippen LogP contribution in [-0.2, 0) is 14.9 Å². The van der Waals surface area contributed by atoms with Gasteiger partial charge in [-0.25, -0.2) is 14.8 Å². The number of carbonyl (C=O) groups excluding carboxylic acids is 2. The lowest BCUT2D eigenvalue weighted by molar-refractivity contribution is -0.123. The van der Waals surface area contributed by atoms with Crippen molar-refractivity contribution in [3.8, 4) is 17.0 Å². The number of amides is 2. The van der Waals surface area contributed by atoms with Crippen LogP contribution in [0.5, 0.6) is 5.75 Å². The second-order valence-corrected chi connectivity index (χ2v) is 14.7. The molecule has 10 heteroatoms. The average Bonchev–Trinajstić information content (AvgIpc) is 3.61. The van der Waals surface area contributed by atoms with Crippen LogP contribution >= 0.6 is 0 Å². The number of benzene rings is 1. The topological polar surface area (TPSA) is 118 Å². The van der Waals surface area contributed by atoms with Gasteiger partial charge in [0, 0.05) is 24.2 Å². The molecule has 2 aromatic heterocycles. The van der Waals surface area contributed by atoms with E-state index in [0.29, 0.717) is 35.8 Å². The third-order valence-electron chi connectivity index (χ3n) is 10.5. The second kappa shape index (κ2) is 14.7. The summed E-state index contributed by atoms with van der Waals surface area (Å²) in [7, 11) is 1.72. The molecule has 1 aliphatic heterocycles. The van der Waals surface area contributed by atoms with E-state index in [2.05, 4.69) is 25.1 Å². The number of aliphatic hydroxyl groups is 1. The highest BCUT2D eigenvalue weighted by atomic mass is 16.6. The van der Waals surface area contributed by atoms with E-state index in [1.807, 2.05) is 30.9 Å². The minimum absolute atomic E-state index is 0.0320. The number of carbonyl (C=O) groups is 2. The summed E-state index contributed by atoms with van der Waals surface area (Å²) in [6, 6.07) is 10.4. The molecule has 2 amide bonds. The highest BCUT2D eigenvalue weighted by Gasteiger charge is 2.35. The van der Waals surface area contributed by atoms with Gasteiger partial charge < -0.3 is 23.9 Å². The predicted molar refractivity (Wildman–Crippen MR) is 183 cm³/mol. The molecule has 0 bridgehead atoms. The normalized spacial score (nSPS) is 20.6. The number of likely N-dealkylation sites (tertiary alicyclic amines) is 1. The van der Waals surface area contributed by atoms with Gasteiger partial charge >= 0.3 is 6.09 Å². The molecule has 1 N–H and O–H groups in total. The summed E-state index contributed by atoms with van der Waals surface area (Å²) in [5.74, 6) is 3.18. The summed E-state index contributed by atoms with van der Waals surface area (Å²) in [5.41, 5.74) is 3.33. The van der Waals surface area contributed by atoms with Gasteiger partial charge in [-0.15, -0.1) is 0 Å². The zero-order chi connectivity index (χ0) is 33.8. The Bertz CT molecular complexity index is 1570. The molecule has 48 heavy (non-hydrogen) atoms. The van der Waals surface area contributed by atoms with Crippen LogP contribution in [0, 0.1) is 18.8 Å². The lowest BCUT2D eigenvalue weighted by Gasteiger charge is -2.35. The molecule has 0 radical (unpaired) electrons. The number of hydrogen-bond donors (Lipinski definition) is 1. The SMILES string of the molecule is COc1ccc(C2CCC(CN(C(=O)C3CCCCC3)c3cc(-c4coc(C(C)(C)COC(=O)N5CC(O)C5)n4)ccn3)CC2)cc1C. The molecule has 3 aromatic rings. The van der Waals surface area contributed by atoms with Gasteiger partial charge in [-0.2, -0.15) is 0 Å². The Morgan fingerprint density at radius 1 is 1.04 bits per heavy atom. The van der Waals surface area contributed by atoms with Crippen LogP contribution in [0.2, 0.25) is 0 Å². The van der Waals surface area contributed by atoms with Crippen LogP contribution in [0.15, 0.2) is 47.2 Å². The monoisotopic (exact) mass is 658 g/mol. The van der Waals surface area contributed by atoms with Crippen molar-refractivity contribution in [3.63, 3.8) is 0 Å². The Hall–Kier alpha value is -3.92. The summed E-state index contributed by atoms with van der Waals surface area (Å²) >= 11 is 0. The Kier molecular flexibility index (Phi) is 10.4. The molecule has 6 rings (SSSR count). The number of anilines is 1. The fourth-order valence-electron chi connectivity index (χ4n) is 7.40. The number of hydrogen-bond acceptors (Lipinski definition) is 8. The van der Waals surface area contributed by atoms with E-state index in [1.165, 1.54) is 22.4 Å². The Balaban J connectivity index is 1.15. The first kappa shape index (κ1) is 34.0. The van der Waals surface area contributed by atoms with E-state index in [4.69, 9.17) is 23.9 Å². The van der Waals surface area contributed by atoms with Crippen molar-refractivity contribution in [2.45, 2.75) is 96.0 Å². The van der Waals surface area contributed by atoms with Crippen molar-refractivity contribution >= 4 is 17.8 Å². The molecule has 0 unspecified atom stereocenters. The third kappa shape index (κ3) is 7.69. The van der Waals surface area contributed by atoms with Crippen LogP contribution in [-0.4, -0.2) is 71.4 Å². The number of ether oxygens (including phenoxy) is 2. The molecule has 10 nitrogen and oxygen atoms in total. The number of aryl methyl sites for hydroxylation is 1. The molecular formula is C38H50N4O6. The smallest absolute Gasteiger partial charge is 0.409 e. The van der Waals surface area contributed by atoms with Crippen molar-refractivity contribution < 1.29 is 28.6 Å². The fraction of sp³-hybridized carbons (Fsp3) is 0.579. The van der Waals surface area contributed by atoms with E-state index in [0.717, 1.165) is 62.7 Å². The quantitative estimate of drug-likeness (QED) is 0.247. The minimum atomic E-state index is -0.667. The van der Waals surface area contributed by atoms with Gasteiger partial charge in [-0.1, -0.05) is 31.4 Å². The highest BCUT2D eigenvalue weighted by molar-refractivity contribution is 5.94. The number of nitrogens with zero attached hydrogens (tertiary/aromatic N) is 4. The van der Waals surface area contributed by atoms with Gasteiger partial charge in [-0.3, -0.25) is 9.69 Å². The molecule has 1 saturated heterocycles. The predicted octanol–water partition coefficient (Wildman–Crippen LogP) is 7.03. The van der Waals surface area contributed by atoms with E-state index >= 15 is 0 Å². The zero-order valence-electron chi connectivity index (χ0n) is 28.8. The molecule has 3 heterocycles. The molecule has 0 atom stereocenters. The lowest BCUT2D eigenvalue weighted by atomic mass is 9.78. The first-order valence-corrected chi connectivity index (χ1v) is 17.6. The maximum atomic E-state index is 14.1. The molecular weight excluding hydrogens is 608 g/mol. The van der Waals surface area contributed by atoms with Gasteiger partial charge in [0.2, 0.25) is 11.8 Å². The third-order valence-corrected chi connectivity index (χ3v) is 10.5. The standard InChI is InChI=1S/C38H50N4O6/c1-25-18-29(14-15-33(25)46-4)27-12-10-26(11-13-27)20-42(35(44)28-8-6-5-7-9-28)34-19-30(16-17-39-34)32-23-47-36(40-32)38(2,3)24-48-37(45)41-21-31(43)22-41/h14-19,23,26-28,31,43H,5-13,20-22,24H2,1-4H3. The van der Waals surface area contributed by atoms with Crippen LogP contribution in [0.1, 0.15) is 94.6 Å². The Labute approximate surface area is 283 Å². The van der Waals surface area contributed by atoms with Crippen LogP contribution in [0.3, 0.4) is 0 Å². The van der Waals surface area contributed by atoms with Crippen molar-refractivity contribution in [1.82, 2.24) is 14.9 Å². The summed E-state index contributed by atoms with van der Waals surface area (Å²) < 4.78 is 16.9. The van der Waals surface area contributed by atoms with Crippen molar-refractivity contribution in [2.75, 3.05) is 38.3 Å². The highest BCUT2D eigenvalue weighted by Crippen LogP contribution is 2.39. The molecule has 1 aromatic carbocycles. The van der Waals surface area contributed by atoms with Gasteiger partial charge in [0.1, 0.15) is 30.1 Å². The molecule has 0 spiro atoms. The van der Waals surface area contributed by atoms with Crippen molar-refractivity contribution in [1.29, 1.82) is 0 Å². The van der Waals surface area contributed by atoms with E-state index < -0.39 is 17.6 Å². The molecule has 2 saturated carbocycles.